The summed E-state index contributed by atoms with van der Waals surface area (Å²) in [4.78, 5) is 1.29. The molecule has 0 amide bonds. The van der Waals surface area contributed by atoms with Crippen molar-refractivity contribution in [1.82, 2.24) is 0 Å². The number of rotatable bonds is 2. The van der Waals surface area contributed by atoms with Crippen LogP contribution in [0.15, 0.2) is 23.6 Å². The Hall–Kier alpha value is -1.02. The van der Waals surface area contributed by atoms with Crippen LogP contribution in [0.2, 0.25) is 0 Å². The minimum absolute atomic E-state index is 0.853. The van der Waals surface area contributed by atoms with Crippen molar-refractivity contribution in [2.45, 2.75) is 20.8 Å². The zero-order valence-corrected chi connectivity index (χ0v) is 9.11. The highest BCUT2D eigenvalue weighted by molar-refractivity contribution is 7.11. The molecule has 1 rings (SSSR count). The molecule has 0 saturated carbocycles. The third kappa shape index (κ3) is 2.22. The Morgan fingerprint density at radius 2 is 2.08 bits per heavy atom. The molecule has 0 aromatic carbocycles. The Bertz CT molecular complexity index is 312. The highest BCUT2D eigenvalue weighted by Gasteiger charge is 2.01. The zero-order chi connectivity index (χ0) is 9.84. The van der Waals surface area contributed by atoms with Gasteiger partial charge in [0, 0.05) is 21.5 Å². The SMILES string of the molecule is C/C=C(\N)c1csc(/C(C)=C/C)c1. The molecule has 0 spiro atoms. The molecule has 13 heavy (non-hydrogen) atoms. The minimum atomic E-state index is 0.853. The van der Waals surface area contributed by atoms with E-state index in [0.717, 1.165) is 11.3 Å². The van der Waals surface area contributed by atoms with E-state index in [1.165, 1.54) is 10.5 Å². The van der Waals surface area contributed by atoms with Gasteiger partial charge in [-0.25, -0.2) is 0 Å². The Kier molecular flexibility index (Phi) is 3.32. The Morgan fingerprint density at radius 1 is 1.38 bits per heavy atom. The van der Waals surface area contributed by atoms with Gasteiger partial charge >= 0.3 is 0 Å². The van der Waals surface area contributed by atoms with Crippen molar-refractivity contribution < 1.29 is 0 Å². The van der Waals surface area contributed by atoms with Crippen molar-refractivity contribution in [1.29, 1.82) is 0 Å². The summed E-state index contributed by atoms with van der Waals surface area (Å²) in [5, 5.41) is 2.09. The molecule has 0 atom stereocenters. The predicted octanol–water partition coefficient (Wildman–Crippen LogP) is 3.49. The summed E-state index contributed by atoms with van der Waals surface area (Å²) in [7, 11) is 0. The van der Waals surface area contributed by atoms with Gasteiger partial charge in [0.05, 0.1) is 0 Å². The molecule has 0 aliphatic heterocycles. The summed E-state index contributed by atoms with van der Waals surface area (Å²) < 4.78 is 0. The average Bonchev–Trinajstić information content (AvgIpc) is 2.64. The van der Waals surface area contributed by atoms with Gasteiger partial charge < -0.3 is 5.73 Å². The smallest absolute Gasteiger partial charge is 0.0352 e. The van der Waals surface area contributed by atoms with Crippen LogP contribution in [0.1, 0.15) is 31.2 Å². The first-order valence-corrected chi connectivity index (χ1v) is 5.21. The minimum Gasteiger partial charge on any atom is -0.398 e. The van der Waals surface area contributed by atoms with Gasteiger partial charge in [0.1, 0.15) is 0 Å². The Balaban J connectivity index is 3.00. The van der Waals surface area contributed by atoms with Crippen molar-refractivity contribution in [3.05, 3.63) is 34.0 Å². The summed E-state index contributed by atoms with van der Waals surface area (Å²) in [6.45, 7) is 6.12. The summed E-state index contributed by atoms with van der Waals surface area (Å²) in [6, 6.07) is 2.13. The maximum atomic E-state index is 5.80. The van der Waals surface area contributed by atoms with Gasteiger partial charge in [0.25, 0.3) is 0 Å². The van der Waals surface area contributed by atoms with E-state index >= 15 is 0 Å². The topological polar surface area (TPSA) is 26.0 Å². The fourth-order valence-electron chi connectivity index (χ4n) is 1.00. The Morgan fingerprint density at radius 3 is 2.62 bits per heavy atom. The van der Waals surface area contributed by atoms with Crippen LogP contribution in [0.25, 0.3) is 11.3 Å². The molecule has 0 bridgehead atoms. The summed E-state index contributed by atoms with van der Waals surface area (Å²) in [6.07, 6.45) is 4.04. The molecule has 70 valence electrons. The normalized spacial score (nSPS) is 13.5. The maximum absolute atomic E-state index is 5.80. The van der Waals surface area contributed by atoms with Crippen LogP contribution in [0, 0.1) is 0 Å². The highest BCUT2D eigenvalue weighted by atomic mass is 32.1. The first kappa shape index (κ1) is 10.1. The summed E-state index contributed by atoms with van der Waals surface area (Å²) >= 11 is 1.74. The molecule has 1 aromatic rings. The van der Waals surface area contributed by atoms with Crippen molar-refractivity contribution in [2.24, 2.45) is 5.73 Å². The van der Waals surface area contributed by atoms with Gasteiger partial charge in [-0.1, -0.05) is 12.2 Å². The third-order valence-corrected chi connectivity index (χ3v) is 3.13. The zero-order valence-electron chi connectivity index (χ0n) is 8.29. The van der Waals surface area contributed by atoms with E-state index in [2.05, 4.69) is 24.4 Å². The number of hydrogen-bond donors (Lipinski definition) is 1. The fourth-order valence-corrected chi connectivity index (χ4v) is 1.96. The molecule has 0 aliphatic rings. The molecule has 0 fully saturated rings. The van der Waals surface area contributed by atoms with E-state index in [1.807, 2.05) is 19.9 Å². The lowest BCUT2D eigenvalue weighted by atomic mass is 10.2. The van der Waals surface area contributed by atoms with Gasteiger partial charge in [-0.3, -0.25) is 0 Å². The molecule has 2 heteroatoms. The van der Waals surface area contributed by atoms with Crippen LogP contribution in [-0.2, 0) is 0 Å². The summed E-state index contributed by atoms with van der Waals surface area (Å²) in [5.74, 6) is 0. The van der Waals surface area contributed by atoms with E-state index in [0.29, 0.717) is 0 Å². The van der Waals surface area contributed by atoms with Crippen molar-refractivity contribution in [2.75, 3.05) is 0 Å². The van der Waals surface area contributed by atoms with Gasteiger partial charge in [0.2, 0.25) is 0 Å². The first-order valence-electron chi connectivity index (χ1n) is 4.33. The van der Waals surface area contributed by atoms with E-state index in [-0.39, 0.29) is 0 Å². The van der Waals surface area contributed by atoms with E-state index < -0.39 is 0 Å². The van der Waals surface area contributed by atoms with E-state index in [9.17, 15) is 0 Å². The van der Waals surface area contributed by atoms with Gasteiger partial charge in [0.15, 0.2) is 0 Å². The lowest BCUT2D eigenvalue weighted by molar-refractivity contribution is 1.52. The molecular formula is C11H15NS. The second-order valence-electron chi connectivity index (χ2n) is 2.92. The maximum Gasteiger partial charge on any atom is 0.0352 e. The Labute approximate surface area is 83.6 Å². The molecule has 2 N–H and O–H groups in total. The first-order chi connectivity index (χ1) is 6.19. The van der Waals surface area contributed by atoms with Crippen LogP contribution in [0.3, 0.4) is 0 Å². The van der Waals surface area contributed by atoms with Gasteiger partial charge in [-0.2, -0.15) is 0 Å². The van der Waals surface area contributed by atoms with Crippen LogP contribution < -0.4 is 5.73 Å². The van der Waals surface area contributed by atoms with E-state index in [4.69, 9.17) is 5.73 Å². The van der Waals surface area contributed by atoms with Crippen molar-refractivity contribution >= 4 is 22.6 Å². The second-order valence-corrected chi connectivity index (χ2v) is 3.83. The second kappa shape index (κ2) is 4.28. The third-order valence-electron chi connectivity index (χ3n) is 2.07. The van der Waals surface area contributed by atoms with Crippen LogP contribution in [0.4, 0.5) is 0 Å². The van der Waals surface area contributed by atoms with Crippen LogP contribution in [-0.4, -0.2) is 0 Å². The van der Waals surface area contributed by atoms with E-state index in [1.54, 1.807) is 11.3 Å². The van der Waals surface area contributed by atoms with Crippen molar-refractivity contribution in [3.63, 3.8) is 0 Å². The molecule has 1 aromatic heterocycles. The molecule has 1 heterocycles. The standard InChI is InChI=1S/C11H15NS/c1-4-8(3)11-6-9(7-13-11)10(12)5-2/h4-7H,12H2,1-3H3/b8-4+,10-5-. The largest absolute Gasteiger partial charge is 0.398 e. The molecular weight excluding hydrogens is 178 g/mol. The molecule has 1 nitrogen and oxygen atoms in total. The quantitative estimate of drug-likeness (QED) is 0.764. The van der Waals surface area contributed by atoms with Crippen molar-refractivity contribution in [3.8, 4) is 0 Å². The van der Waals surface area contributed by atoms with Gasteiger partial charge in [-0.15, -0.1) is 11.3 Å². The molecule has 0 saturated heterocycles. The number of hydrogen-bond acceptors (Lipinski definition) is 2. The lowest BCUT2D eigenvalue weighted by Crippen LogP contribution is -1.92. The molecule has 0 unspecified atom stereocenters. The van der Waals surface area contributed by atoms with Crippen LogP contribution in [0.5, 0.6) is 0 Å². The monoisotopic (exact) mass is 193 g/mol. The van der Waals surface area contributed by atoms with Gasteiger partial charge in [-0.05, 0) is 32.4 Å². The fraction of sp³-hybridized carbons (Fsp3) is 0.273. The summed E-state index contributed by atoms with van der Waals surface area (Å²) in [5.41, 5.74) is 9.08. The molecule has 0 aliphatic carbocycles. The number of nitrogens with two attached hydrogens (primary N) is 1. The average molecular weight is 193 g/mol. The highest BCUT2D eigenvalue weighted by Crippen LogP contribution is 2.25. The van der Waals surface area contributed by atoms with Crippen LogP contribution >= 0.6 is 11.3 Å². The predicted molar refractivity (Wildman–Crippen MR) is 61.5 cm³/mol. The number of thiophene rings is 1. The lowest BCUT2D eigenvalue weighted by Gasteiger charge is -1.94. The molecule has 0 radical (unpaired) electrons. The number of allylic oxidation sites excluding steroid dienone is 3.